The number of carbonyl (C=O) groups excluding carboxylic acids is 1. The molecule has 0 saturated carbocycles. The molecule has 4 heteroatoms. The Morgan fingerprint density at radius 1 is 1.22 bits per heavy atom. The second-order valence-corrected chi connectivity index (χ2v) is 4.81. The van der Waals surface area contributed by atoms with Crippen LogP contribution >= 0.6 is 11.8 Å². The maximum Gasteiger partial charge on any atom is 0.159 e. The van der Waals surface area contributed by atoms with E-state index >= 15 is 0 Å². The number of ether oxygens (including phenoxy) is 1. The zero-order valence-electron chi connectivity index (χ0n) is 10.2. The summed E-state index contributed by atoms with van der Waals surface area (Å²) in [6.07, 6.45) is 1.66. The molecule has 92 valence electrons. The number of ketones is 1. The topological polar surface area (TPSA) is 39.2 Å². The first-order valence-corrected chi connectivity index (χ1v) is 6.29. The Hall–Kier alpha value is -1.81. The Labute approximate surface area is 110 Å². The van der Waals surface area contributed by atoms with Crippen molar-refractivity contribution >= 4 is 17.5 Å². The molecular formula is C14H13NO2S. The zero-order valence-corrected chi connectivity index (χ0v) is 11.0. The molecule has 0 atom stereocenters. The van der Waals surface area contributed by atoms with Crippen LogP contribution in [0.25, 0.3) is 0 Å². The number of pyridine rings is 1. The number of aromatic nitrogens is 1. The molecule has 18 heavy (non-hydrogen) atoms. The van der Waals surface area contributed by atoms with Crippen LogP contribution in [-0.2, 0) is 0 Å². The van der Waals surface area contributed by atoms with Crippen molar-refractivity contribution in [1.29, 1.82) is 0 Å². The van der Waals surface area contributed by atoms with Crippen LogP contribution < -0.4 is 4.74 Å². The highest BCUT2D eigenvalue weighted by atomic mass is 32.2. The van der Waals surface area contributed by atoms with E-state index in [4.69, 9.17) is 4.74 Å². The van der Waals surface area contributed by atoms with E-state index in [0.29, 0.717) is 5.56 Å². The lowest BCUT2D eigenvalue weighted by Gasteiger charge is -2.03. The highest BCUT2D eigenvalue weighted by Gasteiger charge is 2.03. The Morgan fingerprint density at radius 2 is 1.94 bits per heavy atom. The van der Waals surface area contributed by atoms with E-state index < -0.39 is 0 Å². The summed E-state index contributed by atoms with van der Waals surface area (Å²) in [7, 11) is 1.64. The summed E-state index contributed by atoms with van der Waals surface area (Å²) in [5, 5.41) is 0.813. The van der Waals surface area contributed by atoms with Gasteiger partial charge in [0.1, 0.15) is 10.8 Å². The van der Waals surface area contributed by atoms with Gasteiger partial charge in [-0.15, -0.1) is 0 Å². The van der Waals surface area contributed by atoms with Gasteiger partial charge in [-0.05, 0) is 43.3 Å². The lowest BCUT2D eigenvalue weighted by Crippen LogP contribution is -1.92. The maximum absolute atomic E-state index is 11.3. The minimum absolute atomic E-state index is 0.0500. The molecule has 0 aliphatic carbocycles. The predicted octanol–water partition coefficient (Wildman–Crippen LogP) is 3.44. The summed E-state index contributed by atoms with van der Waals surface area (Å²) < 4.78 is 5.10. The second kappa shape index (κ2) is 5.69. The minimum atomic E-state index is 0.0500. The van der Waals surface area contributed by atoms with Gasteiger partial charge in [0.25, 0.3) is 0 Å². The SMILES string of the molecule is COc1ccc(Sc2cc(C(C)=O)ccn2)cc1. The molecule has 1 aromatic carbocycles. The molecule has 0 amide bonds. The van der Waals surface area contributed by atoms with Gasteiger partial charge in [0.15, 0.2) is 5.78 Å². The van der Waals surface area contributed by atoms with E-state index in [1.165, 1.54) is 11.8 Å². The molecule has 0 saturated heterocycles. The Balaban J connectivity index is 2.17. The molecule has 0 N–H and O–H groups in total. The summed E-state index contributed by atoms with van der Waals surface area (Å²) >= 11 is 1.52. The molecule has 0 spiro atoms. The summed E-state index contributed by atoms with van der Waals surface area (Å²) in [5.41, 5.74) is 0.681. The third kappa shape index (κ3) is 3.11. The van der Waals surface area contributed by atoms with Crippen molar-refractivity contribution in [2.24, 2.45) is 0 Å². The molecule has 3 nitrogen and oxygen atoms in total. The quantitative estimate of drug-likeness (QED) is 0.788. The molecule has 2 aromatic rings. The fraction of sp³-hybridized carbons (Fsp3) is 0.143. The van der Waals surface area contributed by atoms with Crippen LogP contribution in [0.15, 0.2) is 52.5 Å². The normalized spacial score (nSPS) is 10.1. The van der Waals surface area contributed by atoms with Crippen LogP contribution in [0, 0.1) is 0 Å². The van der Waals surface area contributed by atoms with Crippen LogP contribution in [0.1, 0.15) is 17.3 Å². The van der Waals surface area contributed by atoms with Crippen molar-refractivity contribution in [1.82, 2.24) is 4.98 Å². The molecule has 0 unspecified atom stereocenters. The molecule has 2 rings (SSSR count). The Kier molecular flexibility index (Phi) is 3.99. The number of carbonyl (C=O) groups is 1. The fourth-order valence-corrected chi connectivity index (χ4v) is 2.26. The van der Waals surface area contributed by atoms with Gasteiger partial charge in [-0.1, -0.05) is 11.8 Å². The van der Waals surface area contributed by atoms with Crippen molar-refractivity contribution in [3.05, 3.63) is 48.2 Å². The molecule has 0 radical (unpaired) electrons. The van der Waals surface area contributed by atoms with Crippen LogP contribution in [0.3, 0.4) is 0 Å². The predicted molar refractivity (Wildman–Crippen MR) is 71.4 cm³/mol. The van der Waals surface area contributed by atoms with Crippen molar-refractivity contribution < 1.29 is 9.53 Å². The Morgan fingerprint density at radius 3 is 2.56 bits per heavy atom. The average Bonchev–Trinajstić information content (AvgIpc) is 2.40. The second-order valence-electron chi connectivity index (χ2n) is 3.72. The molecule has 0 bridgehead atoms. The van der Waals surface area contributed by atoms with Gasteiger partial charge >= 0.3 is 0 Å². The minimum Gasteiger partial charge on any atom is -0.497 e. The van der Waals surface area contributed by atoms with Crippen molar-refractivity contribution in [3.8, 4) is 5.75 Å². The van der Waals surface area contributed by atoms with E-state index in [0.717, 1.165) is 15.7 Å². The van der Waals surface area contributed by atoms with Crippen LogP contribution in [-0.4, -0.2) is 17.9 Å². The van der Waals surface area contributed by atoms with Crippen LogP contribution in [0.5, 0.6) is 5.75 Å². The first-order valence-electron chi connectivity index (χ1n) is 5.48. The Bertz CT molecular complexity index is 552. The molecule has 0 fully saturated rings. The van der Waals surface area contributed by atoms with Gasteiger partial charge < -0.3 is 4.74 Å². The summed E-state index contributed by atoms with van der Waals surface area (Å²) in [6.45, 7) is 1.55. The highest BCUT2D eigenvalue weighted by molar-refractivity contribution is 7.99. The molecule has 0 aliphatic heterocycles. The van der Waals surface area contributed by atoms with E-state index in [1.54, 1.807) is 32.4 Å². The van der Waals surface area contributed by atoms with Gasteiger partial charge in [0, 0.05) is 16.7 Å². The third-order valence-corrected chi connectivity index (χ3v) is 3.36. The number of methoxy groups -OCH3 is 1. The fourth-order valence-electron chi connectivity index (χ4n) is 1.45. The summed E-state index contributed by atoms with van der Waals surface area (Å²) in [5.74, 6) is 0.874. The van der Waals surface area contributed by atoms with Crippen molar-refractivity contribution in [3.63, 3.8) is 0 Å². The lowest BCUT2D eigenvalue weighted by atomic mass is 10.2. The molecule has 0 aliphatic rings. The number of Topliss-reactive ketones (excluding diaryl/α,β-unsaturated/α-hetero) is 1. The number of rotatable bonds is 4. The van der Waals surface area contributed by atoms with Crippen LogP contribution in [0.2, 0.25) is 0 Å². The largest absolute Gasteiger partial charge is 0.497 e. The molecule has 1 heterocycles. The van der Waals surface area contributed by atoms with Gasteiger partial charge in [-0.2, -0.15) is 0 Å². The number of benzene rings is 1. The van der Waals surface area contributed by atoms with E-state index in [9.17, 15) is 4.79 Å². The van der Waals surface area contributed by atoms with Gasteiger partial charge in [-0.3, -0.25) is 4.79 Å². The average molecular weight is 259 g/mol. The van der Waals surface area contributed by atoms with Crippen molar-refractivity contribution in [2.75, 3.05) is 7.11 Å². The lowest BCUT2D eigenvalue weighted by molar-refractivity contribution is 0.101. The first-order chi connectivity index (χ1) is 8.69. The third-order valence-electron chi connectivity index (χ3n) is 2.42. The monoisotopic (exact) mass is 259 g/mol. The van der Waals surface area contributed by atoms with Gasteiger partial charge in [0.05, 0.1) is 7.11 Å². The van der Waals surface area contributed by atoms with Gasteiger partial charge in [-0.25, -0.2) is 4.98 Å². The molecular weight excluding hydrogens is 246 g/mol. The first kappa shape index (κ1) is 12.6. The van der Waals surface area contributed by atoms with Crippen molar-refractivity contribution in [2.45, 2.75) is 16.8 Å². The smallest absolute Gasteiger partial charge is 0.159 e. The number of hydrogen-bond donors (Lipinski definition) is 0. The maximum atomic E-state index is 11.3. The number of hydrogen-bond acceptors (Lipinski definition) is 4. The van der Waals surface area contributed by atoms with Gasteiger partial charge in [0.2, 0.25) is 0 Å². The molecule has 1 aromatic heterocycles. The zero-order chi connectivity index (χ0) is 13.0. The standard InChI is InChI=1S/C14H13NO2S/c1-10(16)11-7-8-15-14(9-11)18-13-5-3-12(17-2)4-6-13/h3-9H,1-2H3. The number of nitrogens with zero attached hydrogens (tertiary/aromatic N) is 1. The van der Waals surface area contributed by atoms with Crippen LogP contribution in [0.4, 0.5) is 0 Å². The summed E-state index contributed by atoms with van der Waals surface area (Å²) in [4.78, 5) is 16.6. The highest BCUT2D eigenvalue weighted by Crippen LogP contribution is 2.27. The summed E-state index contributed by atoms with van der Waals surface area (Å²) in [6, 6.07) is 11.3. The van der Waals surface area contributed by atoms with E-state index in [-0.39, 0.29) is 5.78 Å². The van der Waals surface area contributed by atoms with E-state index in [1.807, 2.05) is 24.3 Å². The van der Waals surface area contributed by atoms with E-state index in [2.05, 4.69) is 4.98 Å².